The first-order valence-electron chi connectivity index (χ1n) is 7.55. The molecule has 0 saturated heterocycles. The standard InChI is InChI=1S/C19H14N2O2S/c1-11-7-8-13(12(2)9-11)16-10-24-19(20-16)21-17-14-5-3-4-6-15(14)18(22)23-17/h3,5,7-10,17H,1-2H3,(H,20,21). The predicted octanol–water partition coefficient (Wildman–Crippen LogP) is 4.31. The fourth-order valence-corrected chi connectivity index (χ4v) is 3.53. The Labute approximate surface area is 144 Å². The Morgan fingerprint density at radius 2 is 2.17 bits per heavy atom. The van der Waals surface area contributed by atoms with E-state index in [0.29, 0.717) is 10.7 Å². The molecule has 4 rings (SSSR count). The Kier molecular flexibility index (Phi) is 3.47. The zero-order valence-electron chi connectivity index (χ0n) is 13.2. The number of thiazole rings is 1. The molecular formula is C19H14N2O2S. The molecule has 0 amide bonds. The highest BCUT2D eigenvalue weighted by Crippen LogP contribution is 2.33. The van der Waals surface area contributed by atoms with Gasteiger partial charge in [-0.25, -0.2) is 9.78 Å². The lowest BCUT2D eigenvalue weighted by Gasteiger charge is -2.11. The summed E-state index contributed by atoms with van der Waals surface area (Å²) in [5, 5.41) is 5.89. The second-order valence-corrected chi connectivity index (χ2v) is 6.58. The summed E-state index contributed by atoms with van der Waals surface area (Å²) >= 11 is 1.49. The van der Waals surface area contributed by atoms with E-state index in [-0.39, 0.29) is 5.97 Å². The van der Waals surface area contributed by atoms with E-state index in [1.54, 1.807) is 6.07 Å². The van der Waals surface area contributed by atoms with Crippen molar-refractivity contribution in [3.8, 4) is 11.3 Å². The van der Waals surface area contributed by atoms with Crippen LogP contribution < -0.4 is 5.32 Å². The highest BCUT2D eigenvalue weighted by atomic mass is 32.1. The summed E-state index contributed by atoms with van der Waals surface area (Å²) in [5.41, 5.74) is 5.64. The number of aromatic nitrogens is 1. The van der Waals surface area contributed by atoms with Crippen LogP contribution in [-0.4, -0.2) is 11.0 Å². The number of carbonyl (C=O) groups excluding carboxylic acids is 1. The van der Waals surface area contributed by atoms with Crippen LogP contribution in [0.25, 0.3) is 11.3 Å². The van der Waals surface area contributed by atoms with Gasteiger partial charge in [0.2, 0.25) is 6.23 Å². The van der Waals surface area contributed by atoms with Gasteiger partial charge in [0.1, 0.15) is 5.56 Å². The Hall–Kier alpha value is -2.84. The van der Waals surface area contributed by atoms with Crippen LogP contribution in [0, 0.1) is 26.0 Å². The topological polar surface area (TPSA) is 51.2 Å². The summed E-state index contributed by atoms with van der Waals surface area (Å²) in [6.07, 6.45) is -0.531. The number of anilines is 1. The van der Waals surface area contributed by atoms with Crippen molar-refractivity contribution in [3.05, 3.63) is 70.1 Å². The van der Waals surface area contributed by atoms with Gasteiger partial charge in [-0.05, 0) is 31.5 Å². The van der Waals surface area contributed by atoms with Gasteiger partial charge in [-0.1, -0.05) is 35.9 Å². The van der Waals surface area contributed by atoms with Gasteiger partial charge in [-0.3, -0.25) is 0 Å². The molecule has 1 aliphatic heterocycles. The summed E-state index contributed by atoms with van der Waals surface area (Å²) in [6.45, 7) is 4.15. The number of fused-ring (bicyclic) bond motifs is 1. The summed E-state index contributed by atoms with van der Waals surface area (Å²) < 4.78 is 5.36. The van der Waals surface area contributed by atoms with Gasteiger partial charge in [0.15, 0.2) is 5.13 Å². The van der Waals surface area contributed by atoms with Crippen LogP contribution in [0.1, 0.15) is 33.3 Å². The fourth-order valence-electron chi connectivity index (χ4n) is 2.80. The molecule has 118 valence electrons. The van der Waals surface area contributed by atoms with Gasteiger partial charge in [0.25, 0.3) is 0 Å². The van der Waals surface area contributed by atoms with Crippen LogP contribution in [0.4, 0.5) is 5.13 Å². The second-order valence-electron chi connectivity index (χ2n) is 5.72. The lowest BCUT2D eigenvalue weighted by molar-refractivity contribution is 0.0437. The highest BCUT2D eigenvalue weighted by Gasteiger charge is 2.31. The zero-order valence-corrected chi connectivity index (χ0v) is 14.0. The molecule has 0 spiro atoms. The van der Waals surface area contributed by atoms with Crippen molar-refractivity contribution < 1.29 is 9.53 Å². The highest BCUT2D eigenvalue weighted by molar-refractivity contribution is 7.14. The number of nitrogens with zero attached hydrogens (tertiary/aromatic N) is 1. The SMILES string of the molecule is Cc1ccc(-c2csc(NC3OC(=O)c4c#cccc43)n2)c(C)c1. The smallest absolute Gasteiger partial charge is 0.349 e. The number of benzene rings is 1. The van der Waals surface area contributed by atoms with Crippen LogP contribution in [-0.2, 0) is 4.74 Å². The summed E-state index contributed by atoms with van der Waals surface area (Å²) in [5.74, 6) is -0.384. The van der Waals surface area contributed by atoms with Crippen LogP contribution in [0.2, 0.25) is 0 Å². The van der Waals surface area contributed by atoms with Crippen molar-refractivity contribution in [1.29, 1.82) is 0 Å². The number of ether oxygens (including phenoxy) is 1. The normalized spacial score (nSPS) is 15.6. The Bertz CT molecular complexity index is 933. The maximum absolute atomic E-state index is 11.8. The first-order chi connectivity index (χ1) is 11.6. The zero-order chi connectivity index (χ0) is 16.7. The monoisotopic (exact) mass is 334 g/mol. The van der Waals surface area contributed by atoms with Crippen molar-refractivity contribution in [1.82, 2.24) is 4.98 Å². The molecule has 5 heteroatoms. The number of hydrogen-bond donors (Lipinski definition) is 1. The molecule has 3 aromatic rings. The molecule has 24 heavy (non-hydrogen) atoms. The molecule has 1 unspecified atom stereocenters. The van der Waals surface area contributed by atoms with E-state index in [9.17, 15) is 4.79 Å². The van der Waals surface area contributed by atoms with Crippen molar-refractivity contribution in [3.63, 3.8) is 0 Å². The van der Waals surface area contributed by atoms with Crippen molar-refractivity contribution in [2.75, 3.05) is 5.32 Å². The molecule has 1 aromatic heterocycles. The van der Waals surface area contributed by atoms with Gasteiger partial charge >= 0.3 is 5.97 Å². The second kappa shape index (κ2) is 5.66. The number of rotatable bonds is 3. The molecule has 1 aliphatic rings. The molecule has 0 fully saturated rings. The van der Waals surface area contributed by atoms with Crippen LogP contribution in [0.3, 0.4) is 0 Å². The third-order valence-electron chi connectivity index (χ3n) is 3.96. The van der Waals surface area contributed by atoms with Gasteiger partial charge in [0.05, 0.1) is 5.69 Å². The van der Waals surface area contributed by atoms with Crippen LogP contribution in [0.15, 0.2) is 35.7 Å². The third kappa shape index (κ3) is 2.51. The summed E-state index contributed by atoms with van der Waals surface area (Å²) in [7, 11) is 0. The lowest BCUT2D eigenvalue weighted by atomic mass is 10.0. The number of esters is 1. The molecule has 0 saturated carbocycles. The number of cyclic esters (lactones) is 1. The van der Waals surface area contributed by atoms with E-state index in [2.05, 4.69) is 54.5 Å². The van der Waals surface area contributed by atoms with Crippen LogP contribution >= 0.6 is 11.3 Å². The van der Waals surface area contributed by atoms with E-state index in [1.165, 1.54) is 22.5 Å². The minimum absolute atomic E-state index is 0.384. The Balaban J connectivity index is 1.60. The van der Waals surface area contributed by atoms with Gasteiger partial charge in [-0.2, -0.15) is 0 Å². The number of aryl methyl sites for hydroxylation is 2. The minimum atomic E-state index is -0.531. The van der Waals surface area contributed by atoms with Gasteiger partial charge in [-0.15, -0.1) is 11.3 Å². The molecule has 0 aliphatic carbocycles. The van der Waals surface area contributed by atoms with Crippen molar-refractivity contribution in [2.45, 2.75) is 20.1 Å². The number of hydrogen-bond acceptors (Lipinski definition) is 5. The Morgan fingerprint density at radius 1 is 1.29 bits per heavy atom. The van der Waals surface area contributed by atoms with Crippen LogP contribution in [0.5, 0.6) is 0 Å². The predicted molar refractivity (Wildman–Crippen MR) is 92.9 cm³/mol. The first kappa shape index (κ1) is 14.7. The molecule has 0 radical (unpaired) electrons. The van der Waals surface area contributed by atoms with E-state index in [0.717, 1.165) is 16.8 Å². The molecule has 0 bridgehead atoms. The fraction of sp³-hybridized carbons (Fsp3) is 0.158. The molecule has 2 heterocycles. The largest absolute Gasteiger partial charge is 0.433 e. The summed E-state index contributed by atoms with van der Waals surface area (Å²) in [4.78, 5) is 16.5. The third-order valence-corrected chi connectivity index (χ3v) is 4.73. The molecule has 1 N–H and O–H groups in total. The number of carbonyl (C=O) groups is 1. The molecule has 2 aromatic carbocycles. The van der Waals surface area contributed by atoms with E-state index < -0.39 is 6.23 Å². The van der Waals surface area contributed by atoms with E-state index in [4.69, 9.17) is 4.74 Å². The molecular weight excluding hydrogens is 320 g/mol. The average molecular weight is 334 g/mol. The van der Waals surface area contributed by atoms with Crippen molar-refractivity contribution >= 4 is 22.4 Å². The molecule has 1 atom stereocenters. The van der Waals surface area contributed by atoms with E-state index >= 15 is 0 Å². The first-order valence-corrected chi connectivity index (χ1v) is 8.43. The quantitative estimate of drug-likeness (QED) is 0.725. The maximum atomic E-state index is 11.8. The van der Waals surface area contributed by atoms with Gasteiger partial charge in [0, 0.05) is 16.5 Å². The minimum Gasteiger partial charge on any atom is -0.433 e. The number of nitrogens with one attached hydrogen (secondary N) is 1. The maximum Gasteiger partial charge on any atom is 0.349 e. The Morgan fingerprint density at radius 3 is 3.00 bits per heavy atom. The summed E-state index contributed by atoms with van der Waals surface area (Å²) in [6, 6.07) is 15.4. The van der Waals surface area contributed by atoms with E-state index in [1.807, 2.05) is 11.4 Å². The lowest BCUT2D eigenvalue weighted by Crippen LogP contribution is -2.10. The van der Waals surface area contributed by atoms with Crippen molar-refractivity contribution in [2.24, 2.45) is 0 Å². The van der Waals surface area contributed by atoms with Gasteiger partial charge < -0.3 is 10.1 Å². The molecule has 4 nitrogen and oxygen atoms in total. The average Bonchev–Trinajstić information content (AvgIpc) is 3.14.